The van der Waals surface area contributed by atoms with Gasteiger partial charge in [-0.3, -0.25) is 9.78 Å². The smallest absolute Gasteiger partial charge is 0.258 e. The molecule has 2 N–H and O–H groups in total. The van der Waals surface area contributed by atoms with E-state index in [0.717, 1.165) is 17.9 Å². The van der Waals surface area contributed by atoms with Crippen LogP contribution in [0.15, 0.2) is 53.6 Å². The molecule has 0 aliphatic heterocycles. The van der Waals surface area contributed by atoms with Gasteiger partial charge in [-0.05, 0) is 43.4 Å². The summed E-state index contributed by atoms with van der Waals surface area (Å²) < 4.78 is 4.36. The maximum Gasteiger partial charge on any atom is 0.258 e. The van der Waals surface area contributed by atoms with E-state index in [1.165, 1.54) is 4.90 Å². The molecule has 1 unspecified atom stereocenters. The molecule has 4 aromatic rings. The number of aromatic nitrogens is 6. The van der Waals surface area contributed by atoms with Gasteiger partial charge in [0.1, 0.15) is 6.54 Å². The number of nitrogens with zero attached hydrogens (tertiary/aromatic N) is 5. The summed E-state index contributed by atoms with van der Waals surface area (Å²) in [5.41, 5.74) is 1.55. The first-order chi connectivity index (χ1) is 14.1. The van der Waals surface area contributed by atoms with Crippen LogP contribution in [0.4, 0.5) is 0 Å². The Kier molecular flexibility index (Phi) is 5.32. The summed E-state index contributed by atoms with van der Waals surface area (Å²) in [6.07, 6.45) is 3.48. The lowest BCUT2D eigenvalue weighted by molar-refractivity contribution is -0.935. The minimum Gasteiger partial charge on any atom is -0.310 e. The summed E-state index contributed by atoms with van der Waals surface area (Å²) in [6, 6.07) is 11.2. The van der Waals surface area contributed by atoms with Crippen LogP contribution in [0.25, 0.3) is 22.3 Å². The predicted molar refractivity (Wildman–Crippen MR) is 113 cm³/mol. The molecular formula is C20H22N7OS+. The molecule has 29 heavy (non-hydrogen) atoms. The molecule has 1 atom stereocenters. The van der Waals surface area contributed by atoms with Crippen molar-refractivity contribution in [3.63, 3.8) is 0 Å². The normalized spacial score (nSPS) is 12.3. The third-order valence-corrected chi connectivity index (χ3v) is 5.42. The molecule has 1 aromatic carbocycles. The number of rotatable bonds is 6. The topological polar surface area (TPSA) is 85.8 Å². The molecule has 0 saturated heterocycles. The summed E-state index contributed by atoms with van der Waals surface area (Å²) in [5.74, 6) is 1.45. The van der Waals surface area contributed by atoms with Crippen LogP contribution in [0.1, 0.15) is 12.7 Å². The number of quaternary nitrogens is 1. The molecule has 0 bridgehead atoms. The van der Waals surface area contributed by atoms with E-state index in [9.17, 15) is 4.79 Å². The van der Waals surface area contributed by atoms with Crippen LogP contribution in [0.2, 0.25) is 0 Å². The quantitative estimate of drug-likeness (QED) is 0.470. The zero-order valence-electron chi connectivity index (χ0n) is 16.3. The van der Waals surface area contributed by atoms with Gasteiger partial charge in [0.25, 0.3) is 5.56 Å². The van der Waals surface area contributed by atoms with E-state index in [-0.39, 0.29) is 5.56 Å². The molecule has 0 spiro atoms. The minimum atomic E-state index is -0.115. The third kappa shape index (κ3) is 3.87. The van der Waals surface area contributed by atoms with Gasteiger partial charge in [-0.2, -0.15) is 4.68 Å². The van der Waals surface area contributed by atoms with Gasteiger partial charge in [0.05, 0.1) is 17.4 Å². The molecule has 3 heterocycles. The highest BCUT2D eigenvalue weighted by Crippen LogP contribution is 2.15. The standard InChI is InChI=1S/C20H21N7OS/c1-3-26(12-17-22-16-7-5-4-6-15(16)19(28)23-17)13-27-20(29)25(2)18(24-27)14-8-10-21-11-9-14/h4-11H,3,12-13H2,1-2H3,(H,22,23,28)/p+1. The van der Waals surface area contributed by atoms with E-state index in [2.05, 4.69) is 21.9 Å². The molecule has 0 fully saturated rings. The van der Waals surface area contributed by atoms with Crippen molar-refractivity contribution in [3.05, 3.63) is 69.7 Å². The maximum atomic E-state index is 12.3. The maximum absolute atomic E-state index is 12.3. The molecule has 4 rings (SSSR count). The fourth-order valence-electron chi connectivity index (χ4n) is 3.30. The zero-order valence-corrected chi connectivity index (χ0v) is 17.1. The number of H-pyrrole nitrogens is 1. The Labute approximate surface area is 172 Å². The van der Waals surface area contributed by atoms with E-state index in [0.29, 0.717) is 34.7 Å². The van der Waals surface area contributed by atoms with Crippen LogP contribution in [0, 0.1) is 4.77 Å². The second-order valence-corrected chi connectivity index (χ2v) is 7.23. The van der Waals surface area contributed by atoms with Crippen molar-refractivity contribution in [2.75, 3.05) is 6.54 Å². The first-order valence-electron chi connectivity index (χ1n) is 9.42. The van der Waals surface area contributed by atoms with Gasteiger partial charge in [0.2, 0.25) is 4.77 Å². The number of hydrogen-bond donors (Lipinski definition) is 2. The molecule has 9 heteroatoms. The van der Waals surface area contributed by atoms with Crippen molar-refractivity contribution in [3.8, 4) is 11.4 Å². The fourth-order valence-corrected chi connectivity index (χ4v) is 3.50. The largest absolute Gasteiger partial charge is 0.310 e. The Hall–Kier alpha value is -3.17. The predicted octanol–water partition coefficient (Wildman–Crippen LogP) is 1.31. The van der Waals surface area contributed by atoms with Crippen LogP contribution in [0.3, 0.4) is 0 Å². The summed E-state index contributed by atoms with van der Waals surface area (Å²) in [6.45, 7) is 4.06. The molecule has 0 radical (unpaired) electrons. The van der Waals surface area contributed by atoms with Crippen LogP contribution in [-0.4, -0.2) is 35.8 Å². The number of para-hydroxylation sites is 1. The Morgan fingerprint density at radius 1 is 1.17 bits per heavy atom. The molecule has 0 aliphatic rings. The molecule has 148 valence electrons. The number of pyridine rings is 1. The first kappa shape index (κ1) is 19.2. The molecule has 3 aromatic heterocycles. The molecule has 0 aliphatic carbocycles. The highest BCUT2D eigenvalue weighted by atomic mass is 32.1. The monoisotopic (exact) mass is 408 g/mol. The highest BCUT2D eigenvalue weighted by molar-refractivity contribution is 7.71. The number of nitrogens with one attached hydrogen (secondary N) is 2. The second kappa shape index (κ2) is 8.06. The SMILES string of the molecule is CC[NH+](Cc1nc2ccccc2c(=O)[nH]1)Cn1nc(-c2ccncc2)n(C)c1=S. The molecular weight excluding hydrogens is 386 g/mol. The van der Waals surface area contributed by atoms with Crippen molar-refractivity contribution >= 4 is 23.1 Å². The number of benzene rings is 1. The Bertz CT molecular complexity index is 1260. The van der Waals surface area contributed by atoms with Gasteiger partial charge in [-0.15, -0.1) is 5.10 Å². The summed E-state index contributed by atoms with van der Waals surface area (Å²) in [5, 5.41) is 5.31. The van der Waals surface area contributed by atoms with Gasteiger partial charge in [0, 0.05) is 25.0 Å². The average Bonchev–Trinajstić information content (AvgIpc) is 3.02. The van der Waals surface area contributed by atoms with Crippen molar-refractivity contribution < 1.29 is 4.90 Å². The zero-order chi connectivity index (χ0) is 20.4. The Morgan fingerprint density at radius 3 is 2.69 bits per heavy atom. The van der Waals surface area contributed by atoms with Crippen molar-refractivity contribution in [2.24, 2.45) is 7.05 Å². The third-order valence-electron chi connectivity index (χ3n) is 4.93. The summed E-state index contributed by atoms with van der Waals surface area (Å²) in [4.78, 5) is 25.1. The minimum absolute atomic E-state index is 0.115. The van der Waals surface area contributed by atoms with Gasteiger partial charge in [-0.1, -0.05) is 12.1 Å². The van der Waals surface area contributed by atoms with E-state index in [4.69, 9.17) is 17.3 Å². The lowest BCUT2D eigenvalue weighted by atomic mass is 10.2. The highest BCUT2D eigenvalue weighted by Gasteiger charge is 2.16. The molecule has 0 amide bonds. The van der Waals surface area contributed by atoms with E-state index in [1.807, 2.05) is 46.6 Å². The van der Waals surface area contributed by atoms with E-state index in [1.54, 1.807) is 18.5 Å². The molecule has 8 nitrogen and oxygen atoms in total. The van der Waals surface area contributed by atoms with Crippen LogP contribution in [0.5, 0.6) is 0 Å². The summed E-state index contributed by atoms with van der Waals surface area (Å²) in [7, 11) is 1.91. The van der Waals surface area contributed by atoms with E-state index < -0.39 is 0 Å². The van der Waals surface area contributed by atoms with Gasteiger partial charge < -0.3 is 14.5 Å². The summed E-state index contributed by atoms with van der Waals surface area (Å²) >= 11 is 5.59. The van der Waals surface area contributed by atoms with Crippen molar-refractivity contribution in [1.29, 1.82) is 0 Å². The Morgan fingerprint density at radius 2 is 1.93 bits per heavy atom. The lowest BCUT2D eigenvalue weighted by Gasteiger charge is -2.16. The number of hydrogen-bond acceptors (Lipinski definition) is 5. The van der Waals surface area contributed by atoms with Crippen molar-refractivity contribution in [2.45, 2.75) is 20.1 Å². The number of fused-ring (bicyclic) bond motifs is 1. The van der Waals surface area contributed by atoms with Crippen molar-refractivity contribution in [1.82, 2.24) is 29.3 Å². The van der Waals surface area contributed by atoms with Crippen LogP contribution in [-0.2, 0) is 20.3 Å². The first-order valence-corrected chi connectivity index (χ1v) is 9.83. The molecule has 0 saturated carbocycles. The van der Waals surface area contributed by atoms with Crippen LogP contribution >= 0.6 is 12.2 Å². The Balaban J connectivity index is 1.60. The van der Waals surface area contributed by atoms with E-state index >= 15 is 0 Å². The average molecular weight is 409 g/mol. The van der Waals surface area contributed by atoms with Gasteiger partial charge >= 0.3 is 0 Å². The number of aromatic amines is 1. The van der Waals surface area contributed by atoms with Crippen LogP contribution < -0.4 is 10.5 Å². The fraction of sp³-hybridized carbons (Fsp3) is 0.250. The lowest BCUT2D eigenvalue weighted by Crippen LogP contribution is -3.09. The van der Waals surface area contributed by atoms with Gasteiger partial charge in [0.15, 0.2) is 18.3 Å². The second-order valence-electron chi connectivity index (χ2n) is 6.87. The van der Waals surface area contributed by atoms with Gasteiger partial charge in [-0.25, -0.2) is 4.98 Å².